The molecule has 3 atom stereocenters. The highest BCUT2D eigenvalue weighted by Crippen LogP contribution is 2.46. The van der Waals surface area contributed by atoms with Crippen LogP contribution in [0.2, 0.25) is 5.02 Å². The molecule has 2 aromatic carbocycles. The second-order valence-electron chi connectivity index (χ2n) is 8.22. The maximum Gasteiger partial charge on any atom is 0.314 e. The summed E-state index contributed by atoms with van der Waals surface area (Å²) in [5.41, 5.74) is -1.55. The molecule has 170 valence electrons. The number of halogens is 5. The van der Waals surface area contributed by atoms with Crippen molar-refractivity contribution in [1.82, 2.24) is 4.90 Å². The van der Waals surface area contributed by atoms with E-state index < -0.39 is 40.8 Å². The van der Waals surface area contributed by atoms with Gasteiger partial charge < -0.3 is 15.3 Å². The average Bonchev–Trinajstić information content (AvgIpc) is 3.00. The number of piperidine rings is 1. The van der Waals surface area contributed by atoms with Crippen LogP contribution >= 0.6 is 11.6 Å². The number of hydrogen-bond acceptors (Lipinski definition) is 3. The monoisotopic (exact) mass is 468 g/mol. The minimum absolute atomic E-state index is 0.159. The topological polar surface area (TPSA) is 52.6 Å². The summed E-state index contributed by atoms with van der Waals surface area (Å²) < 4.78 is 58.6. The lowest BCUT2D eigenvalue weighted by molar-refractivity contribution is -0.0280. The lowest BCUT2D eigenvalue weighted by Gasteiger charge is -2.42. The number of fused-ring (bicyclic) bond motifs is 2. The lowest BCUT2D eigenvalue weighted by Crippen LogP contribution is -2.47. The van der Waals surface area contributed by atoms with Crippen molar-refractivity contribution in [2.75, 3.05) is 5.32 Å². The second kappa shape index (κ2) is 8.41. The zero-order valence-corrected chi connectivity index (χ0v) is 17.7. The van der Waals surface area contributed by atoms with Crippen molar-refractivity contribution < 1.29 is 27.5 Å². The highest BCUT2D eigenvalue weighted by Gasteiger charge is 2.49. The SMILES string of the molecule is C=C(N1[C@@H]2CC[C@H]1CC(O)C2)C(F)(F)c1cc(C(=O)Nc2ccc(F)c(Cl)c2)ccc1F. The summed E-state index contributed by atoms with van der Waals surface area (Å²) in [6.07, 6.45) is 1.48. The number of aliphatic hydroxyl groups excluding tert-OH is 1. The molecule has 1 amide bonds. The van der Waals surface area contributed by atoms with Gasteiger partial charge in [-0.2, -0.15) is 8.78 Å². The number of rotatable bonds is 5. The van der Waals surface area contributed by atoms with Crippen LogP contribution in [-0.2, 0) is 5.92 Å². The summed E-state index contributed by atoms with van der Waals surface area (Å²) >= 11 is 5.69. The molecular formula is C23H21ClF4N2O2. The van der Waals surface area contributed by atoms with Crippen LogP contribution in [0.4, 0.5) is 23.2 Å². The maximum atomic E-state index is 15.4. The first-order valence-electron chi connectivity index (χ1n) is 10.2. The number of carbonyl (C=O) groups excluding carboxylic acids is 1. The predicted molar refractivity (Wildman–Crippen MR) is 113 cm³/mol. The van der Waals surface area contributed by atoms with Crippen molar-refractivity contribution in [2.45, 2.75) is 49.8 Å². The van der Waals surface area contributed by atoms with E-state index in [0.29, 0.717) is 25.7 Å². The van der Waals surface area contributed by atoms with Gasteiger partial charge in [0.2, 0.25) is 0 Å². The summed E-state index contributed by atoms with van der Waals surface area (Å²) in [6.45, 7) is 3.57. The van der Waals surface area contributed by atoms with Crippen LogP contribution in [0.1, 0.15) is 41.6 Å². The summed E-state index contributed by atoms with van der Waals surface area (Å²) in [5.74, 6) is -6.38. The molecule has 0 aliphatic carbocycles. The van der Waals surface area contributed by atoms with E-state index in [4.69, 9.17) is 11.6 Å². The zero-order valence-electron chi connectivity index (χ0n) is 16.9. The number of nitrogens with one attached hydrogen (secondary N) is 1. The number of carbonyl (C=O) groups is 1. The Kier molecular flexibility index (Phi) is 5.94. The van der Waals surface area contributed by atoms with Crippen LogP contribution in [0, 0.1) is 11.6 Å². The minimum atomic E-state index is -3.76. The molecule has 2 heterocycles. The van der Waals surface area contributed by atoms with E-state index in [9.17, 15) is 18.7 Å². The molecule has 2 fully saturated rings. The van der Waals surface area contributed by atoms with E-state index in [1.54, 1.807) is 0 Å². The van der Waals surface area contributed by atoms with Gasteiger partial charge in [-0.3, -0.25) is 4.79 Å². The van der Waals surface area contributed by atoms with Crippen LogP contribution < -0.4 is 5.32 Å². The minimum Gasteiger partial charge on any atom is -0.393 e. The van der Waals surface area contributed by atoms with Gasteiger partial charge in [0.1, 0.15) is 11.6 Å². The molecule has 2 aliphatic heterocycles. The van der Waals surface area contributed by atoms with E-state index in [0.717, 1.165) is 24.3 Å². The van der Waals surface area contributed by atoms with Crippen LogP contribution in [0.3, 0.4) is 0 Å². The molecule has 2 aromatic rings. The molecular weight excluding hydrogens is 448 g/mol. The number of amides is 1. The van der Waals surface area contributed by atoms with E-state index in [1.807, 2.05) is 0 Å². The Morgan fingerprint density at radius 2 is 1.72 bits per heavy atom. The molecule has 0 saturated carbocycles. The normalized spacial score (nSPS) is 22.7. The van der Waals surface area contributed by atoms with Crippen LogP contribution in [0.15, 0.2) is 48.7 Å². The van der Waals surface area contributed by atoms with Gasteiger partial charge in [-0.1, -0.05) is 18.2 Å². The number of nitrogens with zero attached hydrogens (tertiary/aromatic N) is 1. The summed E-state index contributed by atoms with van der Waals surface area (Å²) in [4.78, 5) is 14.0. The Morgan fingerprint density at radius 1 is 1.09 bits per heavy atom. The number of anilines is 1. The number of hydrogen-bond donors (Lipinski definition) is 2. The third-order valence-electron chi connectivity index (χ3n) is 6.13. The molecule has 2 N–H and O–H groups in total. The molecule has 4 rings (SSSR count). The van der Waals surface area contributed by atoms with Gasteiger partial charge in [0, 0.05) is 23.3 Å². The fraction of sp³-hybridized carbons (Fsp3) is 0.348. The van der Waals surface area contributed by atoms with Crippen LogP contribution in [0.25, 0.3) is 0 Å². The fourth-order valence-electron chi connectivity index (χ4n) is 4.59. The van der Waals surface area contributed by atoms with E-state index in [2.05, 4.69) is 11.9 Å². The molecule has 0 aromatic heterocycles. The van der Waals surface area contributed by atoms with E-state index in [1.165, 1.54) is 17.0 Å². The van der Waals surface area contributed by atoms with Gasteiger partial charge in [0.25, 0.3) is 5.91 Å². The smallest absolute Gasteiger partial charge is 0.314 e. The molecule has 0 radical (unpaired) electrons. The maximum absolute atomic E-state index is 15.4. The van der Waals surface area contributed by atoms with Gasteiger partial charge in [-0.05, 0) is 62.1 Å². The van der Waals surface area contributed by atoms with E-state index >= 15 is 8.78 Å². The molecule has 0 spiro atoms. The predicted octanol–water partition coefficient (Wildman–Crippen LogP) is 5.46. The number of alkyl halides is 2. The molecule has 32 heavy (non-hydrogen) atoms. The van der Waals surface area contributed by atoms with Gasteiger partial charge in [0.15, 0.2) is 0 Å². The quantitative estimate of drug-likeness (QED) is 0.573. The van der Waals surface area contributed by atoms with E-state index in [-0.39, 0.29) is 28.4 Å². The largest absolute Gasteiger partial charge is 0.393 e. The Balaban J connectivity index is 1.59. The average molecular weight is 469 g/mol. The molecule has 1 unspecified atom stereocenters. The first-order chi connectivity index (χ1) is 15.1. The lowest BCUT2D eigenvalue weighted by atomic mass is 9.95. The van der Waals surface area contributed by atoms with Crippen molar-refractivity contribution in [3.63, 3.8) is 0 Å². The first kappa shape index (κ1) is 22.6. The Bertz CT molecular complexity index is 1060. The summed E-state index contributed by atoms with van der Waals surface area (Å²) in [7, 11) is 0. The molecule has 4 nitrogen and oxygen atoms in total. The third kappa shape index (κ3) is 4.09. The van der Waals surface area contributed by atoms with Gasteiger partial charge in [-0.15, -0.1) is 0 Å². The molecule has 2 aliphatic rings. The van der Waals surface area contributed by atoms with Crippen molar-refractivity contribution in [1.29, 1.82) is 0 Å². The highest BCUT2D eigenvalue weighted by atomic mass is 35.5. The Hall–Kier alpha value is -2.58. The molecule has 2 bridgehead atoms. The zero-order chi connectivity index (χ0) is 23.2. The Labute approximate surface area is 187 Å². The molecule has 9 heteroatoms. The number of benzene rings is 2. The van der Waals surface area contributed by atoms with Crippen molar-refractivity contribution in [3.8, 4) is 0 Å². The van der Waals surface area contributed by atoms with Gasteiger partial charge in [0.05, 0.1) is 22.4 Å². The van der Waals surface area contributed by atoms with Crippen LogP contribution in [-0.4, -0.2) is 34.1 Å². The highest BCUT2D eigenvalue weighted by molar-refractivity contribution is 6.31. The van der Waals surface area contributed by atoms with Gasteiger partial charge >= 0.3 is 5.92 Å². The van der Waals surface area contributed by atoms with Crippen molar-refractivity contribution in [2.24, 2.45) is 0 Å². The third-order valence-corrected chi connectivity index (χ3v) is 6.42. The summed E-state index contributed by atoms with van der Waals surface area (Å²) in [6, 6.07) is 5.62. The number of allylic oxidation sites excluding steroid dienone is 1. The van der Waals surface area contributed by atoms with Crippen molar-refractivity contribution in [3.05, 3.63) is 76.5 Å². The summed E-state index contributed by atoms with van der Waals surface area (Å²) in [5, 5.41) is 12.1. The first-order valence-corrected chi connectivity index (χ1v) is 10.6. The standard InChI is InChI=1S/C23H21ClF4N2O2/c1-12(30-15-4-5-16(30)11-17(31)10-15)23(27,28)18-8-13(2-6-20(18)25)22(32)29-14-3-7-21(26)19(24)9-14/h2-3,6-9,15-17,31H,1,4-5,10-11H2,(H,29,32)/t15-,16+,17?. The van der Waals surface area contributed by atoms with Gasteiger partial charge in [-0.25, -0.2) is 8.78 Å². The van der Waals surface area contributed by atoms with Crippen LogP contribution in [0.5, 0.6) is 0 Å². The van der Waals surface area contributed by atoms with Crippen molar-refractivity contribution >= 4 is 23.2 Å². The Morgan fingerprint density at radius 3 is 2.34 bits per heavy atom. The second-order valence-corrected chi connectivity index (χ2v) is 8.62. The molecule has 2 saturated heterocycles. The fourth-order valence-corrected chi connectivity index (χ4v) is 4.77. The number of aliphatic hydroxyl groups is 1.